The number of unbranched alkanes of at least 4 members (excludes halogenated alkanes) is 4. The number of quaternary nitrogens is 1. The number of hydrogen-bond acceptors (Lipinski definition) is 3. The minimum absolute atomic E-state index is 0.500. The van der Waals surface area contributed by atoms with Gasteiger partial charge in [-0.05, 0) is 38.5 Å². The summed E-state index contributed by atoms with van der Waals surface area (Å²) in [5.41, 5.74) is 0. The van der Waals surface area contributed by atoms with Crippen molar-refractivity contribution in [2.45, 2.75) is 91.9 Å². The van der Waals surface area contributed by atoms with Crippen molar-refractivity contribution in [1.29, 1.82) is 5.26 Å². The third-order valence-corrected chi connectivity index (χ3v) is 4.77. The Morgan fingerprint density at radius 3 is 1.20 bits per heavy atom. The molecule has 0 unspecified atom stereocenters. The second-order valence-corrected chi connectivity index (χ2v) is 7.06. The molecule has 1 saturated heterocycles. The lowest BCUT2D eigenvalue weighted by Gasteiger charge is -2.39. The maximum atomic E-state index is 8.24. The molecule has 0 bridgehead atoms. The summed E-state index contributed by atoms with van der Waals surface area (Å²) in [6.07, 6.45) is 14.1. The van der Waals surface area contributed by atoms with Crippen molar-refractivity contribution in [1.82, 2.24) is 0 Å². The van der Waals surface area contributed by atoms with Crippen LogP contribution in [0, 0.1) is 11.5 Å². The molecule has 0 aromatic rings. The van der Waals surface area contributed by atoms with Crippen molar-refractivity contribution in [3.63, 3.8) is 0 Å². The maximum Gasteiger partial charge on any atom is 0.0786 e. The summed E-state index contributed by atoms with van der Waals surface area (Å²) in [7, 11) is 0. The molecule has 0 amide bonds. The topological polar surface area (TPSA) is 56.1 Å². The monoisotopic (exact) mass is 356 g/mol. The second kappa shape index (κ2) is 21.3. The van der Waals surface area contributed by atoms with Gasteiger partial charge in [0.15, 0.2) is 0 Å². The normalized spacial score (nSPS) is 13.2. The lowest BCUT2D eigenvalue weighted by molar-refractivity contribution is -0.929. The Labute approximate surface area is 157 Å². The van der Waals surface area contributed by atoms with Crippen molar-refractivity contribution in [2.75, 3.05) is 39.4 Å². The van der Waals surface area contributed by atoms with Crippen LogP contribution in [0.5, 0.6) is 0 Å². The second-order valence-electron chi connectivity index (χ2n) is 7.06. The summed E-state index contributed by atoms with van der Waals surface area (Å²) in [6, 6.07) is 0. The first-order valence-corrected chi connectivity index (χ1v) is 10.6. The fourth-order valence-corrected chi connectivity index (χ4v) is 3.16. The van der Waals surface area contributed by atoms with E-state index in [4.69, 9.17) is 15.1 Å². The molecule has 25 heavy (non-hydrogen) atoms. The van der Waals surface area contributed by atoms with Crippen LogP contribution in [0.25, 0.3) is 0 Å². The Morgan fingerprint density at radius 2 is 1.04 bits per heavy atom. The Kier molecular flexibility index (Phi) is 22.5. The predicted molar refractivity (Wildman–Crippen MR) is 105 cm³/mol. The molecule has 0 radical (unpaired) electrons. The summed E-state index contributed by atoms with van der Waals surface area (Å²) in [5, 5.41) is 15.0. The highest BCUT2D eigenvalue weighted by Gasteiger charge is 2.24. The molecule has 1 heterocycles. The van der Waals surface area contributed by atoms with Gasteiger partial charge < -0.3 is 14.3 Å². The average Bonchev–Trinajstić information content (AvgIpc) is 3.21. The van der Waals surface area contributed by atoms with Gasteiger partial charge in [0.1, 0.15) is 0 Å². The van der Waals surface area contributed by atoms with Crippen molar-refractivity contribution in [3.8, 4) is 6.26 Å². The molecule has 1 aliphatic heterocycles. The molecule has 1 rings (SSSR count). The van der Waals surface area contributed by atoms with Gasteiger partial charge in [-0.15, -0.1) is 0 Å². The number of ether oxygens (including phenoxy) is 1. The smallest absolute Gasteiger partial charge is 0.0786 e. The van der Waals surface area contributed by atoms with Gasteiger partial charge in [0, 0.05) is 19.5 Å². The maximum absolute atomic E-state index is 8.24. The van der Waals surface area contributed by atoms with E-state index in [1.165, 1.54) is 94.9 Å². The Balaban J connectivity index is 0. The number of rotatable bonds is 12. The van der Waals surface area contributed by atoms with Crippen LogP contribution >= 0.6 is 0 Å². The molecule has 0 N–H and O–H groups in total. The fraction of sp³-hybridized carbons (Fsp3) is 0.952. The van der Waals surface area contributed by atoms with E-state index in [2.05, 4.69) is 27.7 Å². The van der Waals surface area contributed by atoms with Gasteiger partial charge in [-0.3, -0.25) is 0 Å². The highest BCUT2D eigenvalue weighted by molar-refractivity contribution is 4.49. The van der Waals surface area contributed by atoms with Crippen LogP contribution in [0.1, 0.15) is 91.9 Å². The van der Waals surface area contributed by atoms with E-state index in [0.717, 1.165) is 13.2 Å². The first kappa shape index (κ1) is 26.4. The van der Waals surface area contributed by atoms with E-state index in [9.17, 15) is 0 Å². The van der Waals surface area contributed by atoms with E-state index in [-0.39, 0.29) is 0 Å². The minimum Gasteiger partial charge on any atom is -0.812 e. The van der Waals surface area contributed by atoms with Crippen LogP contribution in [-0.4, -0.2) is 43.9 Å². The Bertz CT molecular complexity index is 241. The van der Waals surface area contributed by atoms with E-state index in [0.29, 0.717) is 6.26 Å². The summed E-state index contributed by atoms with van der Waals surface area (Å²) in [4.78, 5) is 0. The molecule has 0 saturated carbocycles. The van der Waals surface area contributed by atoms with Crippen molar-refractivity contribution in [3.05, 3.63) is 0 Å². The zero-order valence-corrected chi connectivity index (χ0v) is 17.5. The number of nitrogens with zero attached hydrogens (tertiary/aromatic N) is 2. The summed E-state index contributed by atoms with van der Waals surface area (Å²) in [6.45, 7) is 17.0. The Hall–Kier alpha value is -0.790. The van der Waals surface area contributed by atoms with Crippen molar-refractivity contribution in [2.24, 2.45) is 0 Å². The zero-order chi connectivity index (χ0) is 19.2. The third-order valence-electron chi connectivity index (χ3n) is 4.77. The Morgan fingerprint density at radius 1 is 0.760 bits per heavy atom. The molecule has 0 aliphatic carbocycles. The number of nitriles is 1. The van der Waals surface area contributed by atoms with Gasteiger partial charge in [-0.1, -0.05) is 53.4 Å². The quantitative estimate of drug-likeness (QED) is 0.378. The molecule has 4 nitrogen and oxygen atoms in total. The van der Waals surface area contributed by atoms with Crippen LogP contribution in [-0.2, 0) is 4.74 Å². The van der Waals surface area contributed by atoms with Gasteiger partial charge in [-0.25, -0.2) is 5.26 Å². The minimum atomic E-state index is 0.500. The van der Waals surface area contributed by atoms with Gasteiger partial charge in [0.2, 0.25) is 0 Å². The first-order valence-electron chi connectivity index (χ1n) is 10.6. The molecule has 1 aliphatic rings. The van der Waals surface area contributed by atoms with Crippen LogP contribution in [0.4, 0.5) is 0 Å². The van der Waals surface area contributed by atoms with Gasteiger partial charge in [0.05, 0.1) is 26.2 Å². The highest BCUT2D eigenvalue weighted by atomic mass is 16.5. The third kappa shape index (κ3) is 17.8. The highest BCUT2D eigenvalue weighted by Crippen LogP contribution is 2.16. The predicted octanol–water partition coefficient (Wildman–Crippen LogP) is 4.63. The molecular formula is C21H44N2O2. The molecule has 0 spiro atoms. The van der Waals surface area contributed by atoms with Crippen molar-refractivity contribution >= 4 is 0 Å². The zero-order valence-electron chi connectivity index (χ0n) is 17.5. The van der Waals surface area contributed by atoms with E-state index >= 15 is 0 Å². The van der Waals surface area contributed by atoms with Crippen molar-refractivity contribution < 1.29 is 14.3 Å². The molecule has 0 atom stereocenters. The molecule has 4 heteroatoms. The summed E-state index contributed by atoms with van der Waals surface area (Å²) < 4.78 is 6.36. The summed E-state index contributed by atoms with van der Waals surface area (Å²) >= 11 is 0. The van der Waals surface area contributed by atoms with Crippen LogP contribution in [0.3, 0.4) is 0 Å². The molecule has 0 aromatic heterocycles. The van der Waals surface area contributed by atoms with Crippen LogP contribution in [0.2, 0.25) is 0 Å². The standard InChI is InChI=1S/C16H36N.C4H8O.CHNO/c1-5-9-13-17(14-10-6-2,15-11-7-3)16-12-8-4;1-2-4-5-3-1;2-1-3/h5-16H2,1-4H3;1-4H2;3H/q+1;;/p-1. The largest absolute Gasteiger partial charge is 0.812 e. The lowest BCUT2D eigenvalue weighted by Crippen LogP contribution is -2.50. The SMILES string of the molecule is C1CCOC1.CCCC[N+](CCCC)(CCCC)CCCC.N#C[O-]. The molecular weight excluding hydrogens is 312 g/mol. The molecule has 1 fully saturated rings. The summed E-state index contributed by atoms with van der Waals surface area (Å²) in [5.74, 6) is 0. The fourth-order valence-electron chi connectivity index (χ4n) is 3.16. The van der Waals surface area contributed by atoms with Gasteiger partial charge in [-0.2, -0.15) is 0 Å². The van der Waals surface area contributed by atoms with Gasteiger partial charge in [0.25, 0.3) is 0 Å². The van der Waals surface area contributed by atoms with E-state index in [1.807, 2.05) is 0 Å². The average molecular weight is 357 g/mol. The van der Waals surface area contributed by atoms with E-state index < -0.39 is 0 Å². The molecule has 150 valence electrons. The van der Waals surface area contributed by atoms with Crippen LogP contribution < -0.4 is 5.11 Å². The first-order chi connectivity index (χ1) is 12.2. The van der Waals surface area contributed by atoms with Gasteiger partial charge >= 0.3 is 0 Å². The van der Waals surface area contributed by atoms with E-state index in [1.54, 1.807) is 0 Å². The van der Waals surface area contributed by atoms with Crippen LogP contribution in [0.15, 0.2) is 0 Å². The lowest BCUT2D eigenvalue weighted by atomic mass is 10.1. The molecule has 0 aromatic carbocycles. The number of hydrogen-bond donors (Lipinski definition) is 0.